The molecule has 6 nitrogen and oxygen atoms in total. The molecular weight excluding hydrogens is 386 g/mol. The summed E-state index contributed by atoms with van der Waals surface area (Å²) in [7, 11) is 0. The van der Waals surface area contributed by atoms with E-state index in [1.807, 2.05) is 0 Å². The van der Waals surface area contributed by atoms with Crippen molar-refractivity contribution in [3.05, 3.63) is 53.5 Å². The summed E-state index contributed by atoms with van der Waals surface area (Å²) in [5.74, 6) is 1.63. The third-order valence-electron chi connectivity index (χ3n) is 7.94. The first-order valence-corrected chi connectivity index (χ1v) is 11.9. The molecule has 2 aliphatic heterocycles. The maximum Gasteiger partial charge on any atom is 0.143 e. The SMILES string of the molecule is c1ccc2c(c1)CCC(N1CCC3OCCC31)C2Nc1ncnc2[nH]c(C3CC3)cc12. The van der Waals surface area contributed by atoms with Crippen molar-refractivity contribution in [3.63, 3.8) is 0 Å². The van der Waals surface area contributed by atoms with Crippen LogP contribution < -0.4 is 5.32 Å². The van der Waals surface area contributed by atoms with Crippen LogP contribution in [0, 0.1) is 0 Å². The normalized spacial score (nSPS) is 30.5. The first-order chi connectivity index (χ1) is 15.3. The molecular formula is C25H29N5O. The van der Waals surface area contributed by atoms with Crippen LogP contribution in [0.3, 0.4) is 0 Å². The van der Waals surface area contributed by atoms with Crippen LogP contribution in [0.15, 0.2) is 36.7 Å². The Labute approximate surface area is 182 Å². The number of nitrogens with one attached hydrogen (secondary N) is 2. The molecule has 3 aromatic rings. The summed E-state index contributed by atoms with van der Waals surface area (Å²) in [5, 5.41) is 5.03. The maximum atomic E-state index is 6.02. The predicted molar refractivity (Wildman–Crippen MR) is 120 cm³/mol. The molecule has 4 aliphatic rings. The van der Waals surface area contributed by atoms with E-state index in [0.29, 0.717) is 24.1 Å². The minimum Gasteiger partial charge on any atom is -0.376 e. The topological polar surface area (TPSA) is 66.1 Å². The molecule has 4 heterocycles. The van der Waals surface area contributed by atoms with Gasteiger partial charge in [-0.3, -0.25) is 4.90 Å². The predicted octanol–water partition coefficient (Wildman–Crippen LogP) is 4.17. The molecule has 2 saturated heterocycles. The molecule has 0 spiro atoms. The van der Waals surface area contributed by atoms with Gasteiger partial charge >= 0.3 is 0 Å². The molecule has 6 heteroatoms. The number of aryl methyl sites for hydroxylation is 1. The lowest BCUT2D eigenvalue weighted by atomic mass is 9.82. The fourth-order valence-corrected chi connectivity index (χ4v) is 6.26. The van der Waals surface area contributed by atoms with Gasteiger partial charge in [0.15, 0.2) is 0 Å². The van der Waals surface area contributed by atoms with Crippen LogP contribution in [0.5, 0.6) is 0 Å². The highest BCUT2D eigenvalue weighted by molar-refractivity contribution is 5.88. The summed E-state index contributed by atoms with van der Waals surface area (Å²) in [6.45, 7) is 2.04. The summed E-state index contributed by atoms with van der Waals surface area (Å²) in [6.07, 6.45) is 9.32. The van der Waals surface area contributed by atoms with E-state index in [9.17, 15) is 0 Å². The minimum absolute atomic E-state index is 0.224. The molecule has 3 fully saturated rings. The van der Waals surface area contributed by atoms with E-state index >= 15 is 0 Å². The number of H-pyrrole nitrogens is 1. The fraction of sp³-hybridized carbons (Fsp3) is 0.520. The van der Waals surface area contributed by atoms with Crippen molar-refractivity contribution < 1.29 is 4.74 Å². The van der Waals surface area contributed by atoms with E-state index in [4.69, 9.17) is 9.72 Å². The first kappa shape index (κ1) is 18.2. The second kappa shape index (κ2) is 7.04. The second-order valence-corrected chi connectivity index (χ2v) is 9.70. The molecule has 2 aromatic heterocycles. The Morgan fingerprint density at radius 1 is 1.03 bits per heavy atom. The summed E-state index contributed by atoms with van der Waals surface area (Å²) in [5.41, 5.74) is 5.15. The molecule has 7 rings (SSSR count). The van der Waals surface area contributed by atoms with Gasteiger partial charge in [-0.25, -0.2) is 9.97 Å². The molecule has 4 unspecified atom stereocenters. The highest BCUT2D eigenvalue weighted by Gasteiger charge is 2.45. The summed E-state index contributed by atoms with van der Waals surface area (Å²) in [4.78, 5) is 15.5. The quantitative estimate of drug-likeness (QED) is 0.670. The molecule has 160 valence electrons. The van der Waals surface area contributed by atoms with Gasteiger partial charge in [0.05, 0.1) is 17.5 Å². The zero-order valence-corrected chi connectivity index (χ0v) is 17.8. The van der Waals surface area contributed by atoms with Crippen LogP contribution >= 0.6 is 0 Å². The number of aromatic nitrogens is 3. The van der Waals surface area contributed by atoms with Crippen molar-refractivity contribution in [2.24, 2.45) is 0 Å². The van der Waals surface area contributed by atoms with Crippen molar-refractivity contribution in [1.82, 2.24) is 19.9 Å². The van der Waals surface area contributed by atoms with Crippen LogP contribution in [-0.2, 0) is 11.2 Å². The maximum absolute atomic E-state index is 6.02. The molecule has 2 N–H and O–H groups in total. The van der Waals surface area contributed by atoms with Gasteiger partial charge in [0.25, 0.3) is 0 Å². The smallest absolute Gasteiger partial charge is 0.143 e. The van der Waals surface area contributed by atoms with Crippen molar-refractivity contribution >= 4 is 16.9 Å². The third kappa shape index (κ3) is 2.99. The Morgan fingerprint density at radius 3 is 2.90 bits per heavy atom. The number of nitrogens with zero attached hydrogens (tertiary/aromatic N) is 3. The zero-order valence-electron chi connectivity index (χ0n) is 17.8. The number of ether oxygens (including phenoxy) is 1. The zero-order chi connectivity index (χ0) is 20.4. The lowest BCUT2D eigenvalue weighted by molar-refractivity contribution is 0.0939. The number of likely N-dealkylation sites (tertiary alicyclic amines) is 1. The van der Waals surface area contributed by atoms with Gasteiger partial charge in [0.2, 0.25) is 0 Å². The van der Waals surface area contributed by atoms with Crippen LogP contribution in [0.1, 0.15) is 60.9 Å². The number of aromatic amines is 1. The van der Waals surface area contributed by atoms with E-state index < -0.39 is 0 Å². The molecule has 0 radical (unpaired) electrons. The van der Waals surface area contributed by atoms with Crippen LogP contribution in [0.4, 0.5) is 5.82 Å². The molecule has 31 heavy (non-hydrogen) atoms. The van der Waals surface area contributed by atoms with E-state index in [0.717, 1.165) is 49.3 Å². The van der Waals surface area contributed by atoms with Gasteiger partial charge in [-0.2, -0.15) is 0 Å². The Balaban J connectivity index is 1.28. The number of hydrogen-bond acceptors (Lipinski definition) is 5. The van der Waals surface area contributed by atoms with Crippen LogP contribution in [-0.4, -0.2) is 51.2 Å². The number of fused-ring (bicyclic) bond motifs is 3. The van der Waals surface area contributed by atoms with E-state index in [1.54, 1.807) is 6.33 Å². The summed E-state index contributed by atoms with van der Waals surface area (Å²) >= 11 is 0. The van der Waals surface area contributed by atoms with E-state index in [1.165, 1.54) is 36.1 Å². The monoisotopic (exact) mass is 415 g/mol. The largest absolute Gasteiger partial charge is 0.376 e. The Kier molecular flexibility index (Phi) is 4.12. The minimum atomic E-state index is 0.224. The van der Waals surface area contributed by atoms with Crippen molar-refractivity contribution in [1.29, 1.82) is 0 Å². The highest BCUT2D eigenvalue weighted by atomic mass is 16.5. The van der Waals surface area contributed by atoms with Crippen molar-refractivity contribution in [3.8, 4) is 0 Å². The Hall–Kier alpha value is -2.44. The molecule has 1 saturated carbocycles. The average Bonchev–Trinajstić information content (AvgIpc) is 3.19. The fourth-order valence-electron chi connectivity index (χ4n) is 6.26. The molecule has 2 aliphatic carbocycles. The molecule has 1 aromatic carbocycles. The lowest BCUT2D eigenvalue weighted by Gasteiger charge is -2.42. The third-order valence-corrected chi connectivity index (χ3v) is 7.94. The van der Waals surface area contributed by atoms with Gasteiger partial charge < -0.3 is 15.0 Å². The molecule has 4 atom stereocenters. The Morgan fingerprint density at radius 2 is 1.97 bits per heavy atom. The second-order valence-electron chi connectivity index (χ2n) is 9.70. The number of hydrogen-bond donors (Lipinski definition) is 2. The van der Waals surface area contributed by atoms with Crippen LogP contribution in [0.2, 0.25) is 0 Å². The van der Waals surface area contributed by atoms with Gasteiger partial charge in [-0.1, -0.05) is 24.3 Å². The van der Waals surface area contributed by atoms with Gasteiger partial charge in [0.1, 0.15) is 17.8 Å². The van der Waals surface area contributed by atoms with Crippen molar-refractivity contribution in [2.45, 2.75) is 68.7 Å². The highest BCUT2D eigenvalue weighted by Crippen LogP contribution is 2.43. The Bertz CT molecular complexity index is 1120. The standard InChI is InChI=1S/C25H29N5O/c1-2-4-17-15(3-1)7-8-21(30-11-9-22-20(30)10-12-31-22)23(17)29-25-18-13-19(16-5-6-16)28-24(18)26-14-27-25/h1-4,13-14,16,20-23H,5-12H2,(H2,26,27,28,29). The number of rotatable bonds is 4. The summed E-state index contributed by atoms with van der Waals surface area (Å²) in [6, 6.07) is 12.5. The summed E-state index contributed by atoms with van der Waals surface area (Å²) < 4.78 is 6.02. The van der Waals surface area contributed by atoms with Gasteiger partial charge in [0, 0.05) is 30.9 Å². The molecule has 0 amide bonds. The van der Waals surface area contributed by atoms with Crippen LogP contribution in [0.25, 0.3) is 11.0 Å². The first-order valence-electron chi connectivity index (χ1n) is 11.9. The number of benzene rings is 1. The van der Waals surface area contributed by atoms with E-state index in [-0.39, 0.29) is 6.04 Å². The number of anilines is 1. The molecule has 0 bridgehead atoms. The van der Waals surface area contributed by atoms with E-state index in [2.05, 4.69) is 50.5 Å². The average molecular weight is 416 g/mol. The van der Waals surface area contributed by atoms with Crippen molar-refractivity contribution in [2.75, 3.05) is 18.5 Å². The van der Waals surface area contributed by atoms with Gasteiger partial charge in [-0.05, 0) is 61.6 Å². The lowest BCUT2D eigenvalue weighted by Crippen LogP contribution is -2.48. The van der Waals surface area contributed by atoms with Gasteiger partial charge in [-0.15, -0.1) is 0 Å².